The number of rotatable bonds is 11. The highest BCUT2D eigenvalue weighted by molar-refractivity contribution is 9.10. The first-order chi connectivity index (χ1) is 16.0. The smallest absolute Gasteiger partial charge is 0.244 e. The van der Waals surface area contributed by atoms with Gasteiger partial charge in [-0.3, -0.25) is 13.9 Å². The van der Waals surface area contributed by atoms with Gasteiger partial charge in [0.2, 0.25) is 21.8 Å². The molecular formula is C24H31BrFN3O4S. The van der Waals surface area contributed by atoms with Crippen molar-refractivity contribution in [2.24, 2.45) is 0 Å². The van der Waals surface area contributed by atoms with E-state index in [1.165, 1.54) is 29.2 Å². The van der Waals surface area contributed by atoms with E-state index in [1.54, 1.807) is 31.2 Å². The van der Waals surface area contributed by atoms with E-state index in [0.717, 1.165) is 21.5 Å². The van der Waals surface area contributed by atoms with Gasteiger partial charge >= 0.3 is 0 Å². The average Bonchev–Trinajstić information content (AvgIpc) is 2.78. The summed E-state index contributed by atoms with van der Waals surface area (Å²) in [7, 11) is -3.79. The summed E-state index contributed by atoms with van der Waals surface area (Å²) in [4.78, 5) is 27.9. The topological polar surface area (TPSA) is 86.8 Å². The molecule has 0 aliphatic heterocycles. The number of amides is 2. The van der Waals surface area contributed by atoms with Gasteiger partial charge in [-0.05, 0) is 61.7 Å². The molecule has 0 bridgehead atoms. The maximum absolute atomic E-state index is 13.5. The Bertz CT molecular complexity index is 1080. The zero-order valence-corrected chi connectivity index (χ0v) is 22.2. The fourth-order valence-corrected chi connectivity index (χ4v) is 4.48. The Morgan fingerprint density at radius 3 is 2.12 bits per heavy atom. The van der Waals surface area contributed by atoms with Gasteiger partial charge in [0.1, 0.15) is 18.4 Å². The van der Waals surface area contributed by atoms with Crippen LogP contribution < -0.4 is 9.62 Å². The number of nitrogens with one attached hydrogen (secondary N) is 1. The SMILES string of the molecule is CC[C@@H](C)NC(=O)[C@H](CC)N(Cc1ccc(F)cc1)C(=O)CN(c1ccc(Br)cc1)S(C)(=O)=O. The van der Waals surface area contributed by atoms with Gasteiger partial charge in [0.05, 0.1) is 11.9 Å². The molecule has 0 aromatic heterocycles. The van der Waals surface area contributed by atoms with Gasteiger partial charge in [-0.15, -0.1) is 0 Å². The van der Waals surface area contributed by atoms with Crippen LogP contribution in [0.3, 0.4) is 0 Å². The van der Waals surface area contributed by atoms with E-state index in [2.05, 4.69) is 21.2 Å². The third-order valence-corrected chi connectivity index (χ3v) is 7.12. The van der Waals surface area contributed by atoms with Crippen molar-refractivity contribution in [2.75, 3.05) is 17.1 Å². The summed E-state index contributed by atoms with van der Waals surface area (Å²) in [5, 5.41) is 2.90. The van der Waals surface area contributed by atoms with E-state index < -0.39 is 34.3 Å². The van der Waals surface area contributed by atoms with Crippen molar-refractivity contribution in [1.29, 1.82) is 0 Å². The highest BCUT2D eigenvalue weighted by Gasteiger charge is 2.32. The number of carbonyl (C=O) groups excluding carboxylic acids is 2. The van der Waals surface area contributed by atoms with Gasteiger partial charge in [-0.1, -0.05) is 41.9 Å². The van der Waals surface area contributed by atoms with Crippen molar-refractivity contribution in [2.45, 2.75) is 52.2 Å². The second-order valence-corrected chi connectivity index (χ2v) is 11.0. The lowest BCUT2D eigenvalue weighted by Gasteiger charge is -2.33. The minimum Gasteiger partial charge on any atom is -0.352 e. The quantitative estimate of drug-likeness (QED) is 0.452. The molecule has 0 spiro atoms. The first kappa shape index (κ1) is 27.8. The average molecular weight is 556 g/mol. The van der Waals surface area contributed by atoms with Crippen LogP contribution in [-0.2, 0) is 26.2 Å². The van der Waals surface area contributed by atoms with E-state index >= 15 is 0 Å². The van der Waals surface area contributed by atoms with Crippen molar-refractivity contribution in [1.82, 2.24) is 10.2 Å². The number of hydrogen-bond acceptors (Lipinski definition) is 4. The molecule has 2 rings (SSSR count). The van der Waals surface area contributed by atoms with Crippen molar-refractivity contribution in [3.8, 4) is 0 Å². The summed E-state index contributed by atoms with van der Waals surface area (Å²) >= 11 is 3.32. The molecule has 0 aliphatic rings. The molecule has 0 fully saturated rings. The zero-order valence-electron chi connectivity index (χ0n) is 19.8. The Kier molecular flexibility index (Phi) is 10.1. The number of halogens is 2. The third kappa shape index (κ3) is 7.80. The largest absolute Gasteiger partial charge is 0.352 e. The molecule has 0 radical (unpaired) electrons. The Morgan fingerprint density at radius 1 is 1.03 bits per heavy atom. The molecule has 0 heterocycles. The van der Waals surface area contributed by atoms with Crippen LogP contribution in [-0.4, -0.2) is 50.0 Å². The summed E-state index contributed by atoms with van der Waals surface area (Å²) in [5.74, 6) is -1.27. The van der Waals surface area contributed by atoms with Gasteiger partial charge in [0.15, 0.2) is 0 Å². The maximum Gasteiger partial charge on any atom is 0.244 e. The van der Waals surface area contributed by atoms with Gasteiger partial charge in [-0.25, -0.2) is 12.8 Å². The van der Waals surface area contributed by atoms with Crippen LogP contribution in [0.4, 0.5) is 10.1 Å². The molecule has 0 saturated heterocycles. The second kappa shape index (κ2) is 12.3. The molecular weight excluding hydrogens is 525 g/mol. The highest BCUT2D eigenvalue weighted by atomic mass is 79.9. The lowest BCUT2D eigenvalue weighted by molar-refractivity contribution is -0.140. The normalized spacial score (nSPS) is 13.1. The predicted molar refractivity (Wildman–Crippen MR) is 135 cm³/mol. The molecule has 0 unspecified atom stereocenters. The van der Waals surface area contributed by atoms with Crippen molar-refractivity contribution in [3.63, 3.8) is 0 Å². The minimum atomic E-state index is -3.79. The Balaban J connectivity index is 2.41. The number of anilines is 1. The molecule has 2 atom stereocenters. The molecule has 2 aromatic carbocycles. The first-order valence-electron chi connectivity index (χ1n) is 11.0. The van der Waals surface area contributed by atoms with E-state index in [1.807, 2.05) is 13.8 Å². The molecule has 34 heavy (non-hydrogen) atoms. The van der Waals surface area contributed by atoms with E-state index in [0.29, 0.717) is 17.7 Å². The molecule has 0 saturated carbocycles. The molecule has 2 aromatic rings. The third-order valence-electron chi connectivity index (χ3n) is 5.45. The highest BCUT2D eigenvalue weighted by Crippen LogP contribution is 2.22. The summed E-state index contributed by atoms with van der Waals surface area (Å²) in [6, 6.07) is 11.3. The Morgan fingerprint density at radius 2 is 1.62 bits per heavy atom. The van der Waals surface area contributed by atoms with E-state index in [9.17, 15) is 22.4 Å². The predicted octanol–water partition coefficient (Wildman–Crippen LogP) is 4.08. The molecule has 10 heteroatoms. The Labute approximate surface area is 209 Å². The molecule has 186 valence electrons. The second-order valence-electron chi connectivity index (χ2n) is 8.14. The monoisotopic (exact) mass is 555 g/mol. The lowest BCUT2D eigenvalue weighted by Crippen LogP contribution is -2.53. The van der Waals surface area contributed by atoms with Crippen molar-refractivity contribution >= 4 is 43.5 Å². The summed E-state index contributed by atoms with van der Waals surface area (Å²) in [5.41, 5.74) is 0.956. The number of benzene rings is 2. The fraction of sp³-hybridized carbons (Fsp3) is 0.417. The van der Waals surface area contributed by atoms with Gasteiger partial charge in [0, 0.05) is 17.1 Å². The number of sulfonamides is 1. The van der Waals surface area contributed by atoms with Crippen molar-refractivity contribution < 1.29 is 22.4 Å². The lowest BCUT2D eigenvalue weighted by atomic mass is 10.1. The molecule has 2 amide bonds. The Hall–Kier alpha value is -2.46. The maximum atomic E-state index is 13.5. The van der Waals surface area contributed by atoms with Crippen LogP contribution in [0, 0.1) is 5.82 Å². The van der Waals surface area contributed by atoms with Crippen LogP contribution in [0.2, 0.25) is 0 Å². The van der Waals surface area contributed by atoms with E-state index in [-0.39, 0.29) is 18.5 Å². The zero-order chi connectivity index (χ0) is 25.5. The molecule has 7 nitrogen and oxygen atoms in total. The van der Waals surface area contributed by atoms with Crippen LogP contribution in [0.25, 0.3) is 0 Å². The molecule has 1 N–H and O–H groups in total. The summed E-state index contributed by atoms with van der Waals surface area (Å²) in [6.45, 7) is 5.15. The van der Waals surface area contributed by atoms with Crippen molar-refractivity contribution in [3.05, 3.63) is 64.4 Å². The summed E-state index contributed by atoms with van der Waals surface area (Å²) in [6.07, 6.45) is 2.07. The van der Waals surface area contributed by atoms with Crippen LogP contribution >= 0.6 is 15.9 Å². The first-order valence-corrected chi connectivity index (χ1v) is 13.7. The summed E-state index contributed by atoms with van der Waals surface area (Å²) < 4.78 is 40.3. The fourth-order valence-electron chi connectivity index (χ4n) is 3.37. The van der Waals surface area contributed by atoms with Crippen LogP contribution in [0.5, 0.6) is 0 Å². The molecule has 0 aliphatic carbocycles. The van der Waals surface area contributed by atoms with Crippen LogP contribution in [0.15, 0.2) is 53.0 Å². The number of nitrogens with zero attached hydrogens (tertiary/aromatic N) is 2. The number of carbonyl (C=O) groups is 2. The van der Waals surface area contributed by atoms with Gasteiger partial charge < -0.3 is 10.2 Å². The van der Waals surface area contributed by atoms with Crippen LogP contribution in [0.1, 0.15) is 39.2 Å². The van der Waals surface area contributed by atoms with E-state index in [4.69, 9.17) is 0 Å². The number of hydrogen-bond donors (Lipinski definition) is 1. The van der Waals surface area contributed by atoms with Gasteiger partial charge in [0.25, 0.3) is 0 Å². The standard InChI is InChI=1S/C24H31BrFN3O4S/c1-5-17(3)27-24(31)22(6-2)28(15-18-7-11-20(26)12-8-18)23(30)16-29(34(4,32)33)21-13-9-19(25)10-14-21/h7-14,17,22H,5-6,15-16H2,1-4H3,(H,27,31)/t17-,22+/m1/s1. The van der Waals surface area contributed by atoms with Gasteiger partial charge in [-0.2, -0.15) is 0 Å². The minimum absolute atomic E-state index is 0.0312.